The number of piperidine rings is 1. The number of carboxylic acid groups (broad SMARTS) is 1. The van der Waals surface area contributed by atoms with E-state index in [0.29, 0.717) is 17.1 Å². The van der Waals surface area contributed by atoms with Crippen molar-refractivity contribution in [3.8, 4) is 22.6 Å². The molecule has 1 heterocycles. The monoisotopic (exact) mass is 666 g/mol. The summed E-state index contributed by atoms with van der Waals surface area (Å²) in [5.41, 5.74) is 1.43. The van der Waals surface area contributed by atoms with Crippen molar-refractivity contribution in [1.82, 2.24) is 10.2 Å². The fraction of sp³-hybridized carbons (Fsp3) is 0.400. The van der Waals surface area contributed by atoms with Crippen molar-refractivity contribution >= 4 is 27.8 Å². The van der Waals surface area contributed by atoms with Crippen LogP contribution < -0.4 is 14.8 Å². The molecule has 1 fully saturated rings. The molecule has 0 aromatic heterocycles. The van der Waals surface area contributed by atoms with E-state index in [-0.39, 0.29) is 30.7 Å². The number of ether oxygens (including phenoxy) is 3. The smallest absolute Gasteiger partial charge is 0.410 e. The number of methoxy groups -OCH3 is 2. The van der Waals surface area contributed by atoms with Crippen LogP contribution in [0.4, 0.5) is 4.79 Å². The molecule has 4 rings (SSSR count). The van der Waals surface area contributed by atoms with Crippen LogP contribution in [0.25, 0.3) is 11.1 Å². The van der Waals surface area contributed by atoms with Crippen LogP contribution in [0.5, 0.6) is 11.5 Å². The zero-order valence-corrected chi connectivity index (χ0v) is 28.1. The Kier molecular flexibility index (Phi) is 10.9. The second-order valence-corrected chi connectivity index (χ2v) is 14.8. The van der Waals surface area contributed by atoms with Gasteiger partial charge in [-0.15, -0.1) is 0 Å². The molecule has 0 spiro atoms. The summed E-state index contributed by atoms with van der Waals surface area (Å²) < 4.78 is 43.0. The third kappa shape index (κ3) is 8.05. The summed E-state index contributed by atoms with van der Waals surface area (Å²) in [5.74, 6) is -0.794. The minimum atomic E-state index is -4.36. The lowest BCUT2D eigenvalue weighted by molar-refractivity contribution is -0.137. The molecule has 3 aromatic carbocycles. The fourth-order valence-electron chi connectivity index (χ4n) is 5.79. The minimum Gasteiger partial charge on any atom is -0.496 e. The van der Waals surface area contributed by atoms with E-state index in [0.717, 1.165) is 11.1 Å². The Morgan fingerprint density at radius 2 is 1.55 bits per heavy atom. The highest BCUT2D eigenvalue weighted by molar-refractivity contribution is 7.93. The van der Waals surface area contributed by atoms with Crippen molar-refractivity contribution in [1.29, 1.82) is 0 Å². The number of carbonyl (C=O) groups is 3. The first kappa shape index (κ1) is 35.3. The topological polar surface area (TPSA) is 149 Å². The van der Waals surface area contributed by atoms with Gasteiger partial charge in [0.2, 0.25) is 5.91 Å². The zero-order valence-electron chi connectivity index (χ0n) is 27.3. The van der Waals surface area contributed by atoms with Crippen LogP contribution in [0.15, 0.2) is 77.7 Å². The summed E-state index contributed by atoms with van der Waals surface area (Å²) in [4.78, 5) is 40.5. The predicted octanol–water partition coefficient (Wildman–Crippen LogP) is 5.12. The van der Waals surface area contributed by atoms with Gasteiger partial charge in [0.25, 0.3) is 0 Å². The van der Waals surface area contributed by atoms with Gasteiger partial charge in [-0.1, -0.05) is 48.5 Å². The van der Waals surface area contributed by atoms with Gasteiger partial charge in [-0.2, -0.15) is 0 Å². The van der Waals surface area contributed by atoms with Crippen LogP contribution in [0.2, 0.25) is 0 Å². The molecular formula is C35H42N2O9S. The highest BCUT2D eigenvalue weighted by Crippen LogP contribution is 2.39. The summed E-state index contributed by atoms with van der Waals surface area (Å²) >= 11 is 0. The number of nitrogens with one attached hydrogen (secondary N) is 1. The Balaban J connectivity index is 1.66. The van der Waals surface area contributed by atoms with E-state index in [4.69, 9.17) is 14.2 Å². The van der Waals surface area contributed by atoms with Crippen molar-refractivity contribution in [2.75, 3.05) is 27.3 Å². The number of amides is 2. The summed E-state index contributed by atoms with van der Waals surface area (Å²) in [7, 11) is -1.23. The Morgan fingerprint density at radius 1 is 0.936 bits per heavy atom. The molecule has 0 aliphatic carbocycles. The Bertz CT molecular complexity index is 1660. The van der Waals surface area contributed by atoms with Gasteiger partial charge in [0.05, 0.1) is 37.6 Å². The van der Waals surface area contributed by atoms with Crippen molar-refractivity contribution in [3.63, 3.8) is 0 Å². The fourth-order valence-corrected chi connectivity index (χ4v) is 7.79. The molecule has 11 nitrogen and oxygen atoms in total. The summed E-state index contributed by atoms with van der Waals surface area (Å²) in [6, 6.07) is 19.4. The molecule has 252 valence electrons. The van der Waals surface area contributed by atoms with Crippen molar-refractivity contribution in [2.24, 2.45) is 0 Å². The maximum Gasteiger partial charge on any atom is 0.410 e. The van der Waals surface area contributed by atoms with Gasteiger partial charge in [-0.05, 0) is 75.4 Å². The molecule has 2 unspecified atom stereocenters. The standard InChI is InChI=1S/C35H42N2O9S/c1-34(2,3)46-33(41)37-20-10-19-35(23-37,47(42,43)27-11-7-6-8-12-27)32(40)36-26(22-30(38)39)21-24-15-17-25(18-16-24)31-28(44-4)13-9-14-29(31)45-5/h6-9,11-18,26H,10,19-23H2,1-5H3,(H,36,40)(H,38,39). The minimum absolute atomic E-state index is 0.0649. The van der Waals surface area contributed by atoms with Crippen LogP contribution in [0.3, 0.4) is 0 Å². The normalized spacial score (nSPS) is 17.3. The zero-order chi connectivity index (χ0) is 34.4. The number of benzene rings is 3. The van der Waals surface area contributed by atoms with E-state index in [2.05, 4.69) is 5.32 Å². The Morgan fingerprint density at radius 3 is 2.11 bits per heavy atom. The maximum atomic E-state index is 14.3. The second kappa shape index (κ2) is 14.5. The molecule has 1 aliphatic heterocycles. The van der Waals surface area contributed by atoms with E-state index in [9.17, 15) is 27.9 Å². The number of likely N-dealkylation sites (tertiary alicyclic amines) is 1. The number of rotatable bonds is 11. The molecular weight excluding hydrogens is 624 g/mol. The molecule has 47 heavy (non-hydrogen) atoms. The van der Waals surface area contributed by atoms with Crippen molar-refractivity contribution in [2.45, 2.75) is 67.7 Å². The lowest BCUT2D eigenvalue weighted by Crippen LogP contribution is -2.63. The van der Waals surface area contributed by atoms with Gasteiger partial charge >= 0.3 is 12.1 Å². The summed E-state index contributed by atoms with van der Waals surface area (Å²) in [6.45, 7) is 4.86. The summed E-state index contributed by atoms with van der Waals surface area (Å²) in [6.07, 6.45) is -0.920. The molecule has 2 atom stereocenters. The van der Waals surface area contributed by atoms with Crippen molar-refractivity contribution in [3.05, 3.63) is 78.4 Å². The first-order chi connectivity index (χ1) is 22.2. The SMILES string of the molecule is COc1cccc(OC)c1-c1ccc(CC(CC(=O)O)NC(=O)C2(S(=O)(=O)c3ccccc3)CCCN(C(=O)OC(C)(C)C)C2)cc1. The van der Waals surface area contributed by atoms with Gasteiger partial charge in [0, 0.05) is 12.6 Å². The highest BCUT2D eigenvalue weighted by Gasteiger charge is 2.55. The highest BCUT2D eigenvalue weighted by atomic mass is 32.2. The van der Waals surface area contributed by atoms with Crippen LogP contribution in [-0.4, -0.2) is 80.1 Å². The van der Waals surface area contributed by atoms with E-state index in [1.165, 1.54) is 17.0 Å². The van der Waals surface area contributed by atoms with Crippen molar-refractivity contribution < 1.29 is 42.1 Å². The second-order valence-electron chi connectivity index (χ2n) is 12.5. The van der Waals surface area contributed by atoms with E-state index >= 15 is 0 Å². The van der Waals surface area contributed by atoms with E-state index in [1.54, 1.807) is 53.2 Å². The average Bonchev–Trinajstić information content (AvgIpc) is 3.04. The van der Waals surface area contributed by atoms with Crippen LogP contribution >= 0.6 is 0 Å². The van der Waals surface area contributed by atoms with Crippen LogP contribution in [-0.2, 0) is 30.6 Å². The number of carbonyl (C=O) groups excluding carboxylic acids is 2. The molecule has 0 bridgehead atoms. The maximum absolute atomic E-state index is 14.3. The van der Waals surface area contributed by atoms with E-state index in [1.807, 2.05) is 42.5 Å². The number of hydrogen-bond acceptors (Lipinski definition) is 8. The quantitative estimate of drug-likeness (QED) is 0.285. The summed E-state index contributed by atoms with van der Waals surface area (Å²) in [5, 5.41) is 12.5. The lowest BCUT2D eigenvalue weighted by Gasteiger charge is -2.41. The largest absolute Gasteiger partial charge is 0.496 e. The molecule has 0 radical (unpaired) electrons. The van der Waals surface area contributed by atoms with Gasteiger partial charge in [-0.3, -0.25) is 9.59 Å². The molecule has 1 saturated heterocycles. The average molecular weight is 667 g/mol. The predicted molar refractivity (Wildman–Crippen MR) is 176 cm³/mol. The molecule has 2 amide bonds. The molecule has 12 heteroatoms. The van der Waals surface area contributed by atoms with Gasteiger partial charge in [0.15, 0.2) is 14.6 Å². The van der Waals surface area contributed by atoms with Gasteiger partial charge in [0.1, 0.15) is 17.1 Å². The Hall–Kier alpha value is -4.58. The lowest BCUT2D eigenvalue weighted by atomic mass is 9.94. The molecule has 2 N–H and O–H groups in total. The van der Waals surface area contributed by atoms with Gasteiger partial charge < -0.3 is 29.5 Å². The molecule has 0 saturated carbocycles. The van der Waals surface area contributed by atoms with E-state index < -0.39 is 57.2 Å². The number of hydrogen-bond donors (Lipinski definition) is 2. The third-order valence-corrected chi connectivity index (χ3v) is 10.4. The number of nitrogens with zero attached hydrogens (tertiary/aromatic N) is 1. The number of carboxylic acids is 1. The van der Waals surface area contributed by atoms with Crippen LogP contribution in [0.1, 0.15) is 45.6 Å². The Labute approximate surface area is 275 Å². The molecule has 1 aliphatic rings. The first-order valence-corrected chi connectivity index (χ1v) is 16.8. The first-order valence-electron chi connectivity index (χ1n) is 15.3. The number of aliphatic carboxylic acids is 1. The van der Waals surface area contributed by atoms with Crippen LogP contribution in [0, 0.1) is 0 Å². The van der Waals surface area contributed by atoms with Gasteiger partial charge in [-0.25, -0.2) is 13.2 Å². The third-order valence-electron chi connectivity index (χ3n) is 8.00. The molecule has 3 aromatic rings. The number of sulfone groups is 1.